The number of carboxylic acid groups (broad SMARTS) is 1. The molecule has 1 fully saturated rings. The number of rotatable bonds is 5. The number of carboxylic acids is 1. The first-order valence-corrected chi connectivity index (χ1v) is 7.19. The number of hydrogen-bond donors (Lipinski definition) is 2. The maximum atomic E-state index is 12.5. The van der Waals surface area contributed by atoms with E-state index >= 15 is 0 Å². The van der Waals surface area contributed by atoms with E-state index in [0.717, 1.165) is 25.1 Å². The molecular weight excluding hydrogens is 272 g/mol. The minimum absolute atomic E-state index is 0.0172. The van der Waals surface area contributed by atoms with Crippen molar-refractivity contribution in [2.24, 2.45) is 13.0 Å². The number of hydrogen-bond acceptors (Lipinski definition) is 4. The number of piperidine rings is 1. The van der Waals surface area contributed by atoms with Gasteiger partial charge in [0.1, 0.15) is 0 Å². The highest BCUT2D eigenvalue weighted by Crippen LogP contribution is 2.19. The van der Waals surface area contributed by atoms with E-state index in [2.05, 4.69) is 10.4 Å². The van der Waals surface area contributed by atoms with Crippen LogP contribution in [0, 0.1) is 12.8 Å². The normalized spacial score (nSPS) is 18.8. The average molecular weight is 294 g/mol. The molecule has 0 aromatic carbocycles. The molecule has 1 aliphatic heterocycles. The summed E-state index contributed by atoms with van der Waals surface area (Å²) in [6, 6.07) is 0. The second-order valence-electron chi connectivity index (χ2n) is 5.55. The van der Waals surface area contributed by atoms with Crippen molar-refractivity contribution < 1.29 is 14.7 Å². The molecule has 2 rings (SSSR count). The lowest BCUT2D eigenvalue weighted by Crippen LogP contribution is -2.43. The Morgan fingerprint density at radius 2 is 2.29 bits per heavy atom. The van der Waals surface area contributed by atoms with E-state index < -0.39 is 5.97 Å². The number of carbonyl (C=O) groups is 2. The molecule has 1 atom stereocenters. The van der Waals surface area contributed by atoms with Crippen LogP contribution in [0.4, 0.5) is 0 Å². The standard InChI is InChI=1S/C14H22N4O3/c1-10-12(7-16-17(10)2)14(21)18-5-3-4-11(9-18)6-15-8-13(19)20/h7,11,15H,3-6,8-9H2,1-2H3,(H,19,20). The van der Waals surface area contributed by atoms with Crippen LogP contribution in [0.1, 0.15) is 28.9 Å². The fourth-order valence-electron chi connectivity index (χ4n) is 2.68. The van der Waals surface area contributed by atoms with Gasteiger partial charge in [-0.15, -0.1) is 0 Å². The SMILES string of the molecule is Cc1c(C(=O)N2CCCC(CNCC(=O)O)C2)cnn1C. The van der Waals surface area contributed by atoms with Crippen molar-refractivity contribution in [1.82, 2.24) is 20.0 Å². The largest absolute Gasteiger partial charge is 0.480 e. The van der Waals surface area contributed by atoms with Gasteiger partial charge in [0, 0.05) is 32.4 Å². The number of likely N-dealkylation sites (tertiary alicyclic amines) is 1. The Hall–Kier alpha value is -1.89. The highest BCUT2D eigenvalue weighted by Gasteiger charge is 2.26. The molecule has 0 aliphatic carbocycles. The van der Waals surface area contributed by atoms with Crippen molar-refractivity contribution in [1.29, 1.82) is 0 Å². The predicted octanol–water partition coefficient (Wildman–Crippen LogP) is 0.255. The van der Waals surface area contributed by atoms with Gasteiger partial charge in [0.25, 0.3) is 5.91 Å². The van der Waals surface area contributed by atoms with E-state index in [1.165, 1.54) is 0 Å². The Bertz CT molecular complexity index is 526. The molecule has 21 heavy (non-hydrogen) atoms. The smallest absolute Gasteiger partial charge is 0.317 e. The minimum Gasteiger partial charge on any atom is -0.480 e. The minimum atomic E-state index is -0.857. The van der Waals surface area contributed by atoms with Crippen molar-refractivity contribution >= 4 is 11.9 Å². The van der Waals surface area contributed by atoms with E-state index in [0.29, 0.717) is 24.6 Å². The second-order valence-corrected chi connectivity index (χ2v) is 5.55. The van der Waals surface area contributed by atoms with Crippen LogP contribution in [0.15, 0.2) is 6.20 Å². The van der Waals surface area contributed by atoms with Crippen molar-refractivity contribution in [3.63, 3.8) is 0 Å². The number of aryl methyl sites for hydroxylation is 1. The number of nitrogens with one attached hydrogen (secondary N) is 1. The van der Waals surface area contributed by atoms with Crippen LogP contribution in [0.25, 0.3) is 0 Å². The van der Waals surface area contributed by atoms with E-state index in [4.69, 9.17) is 5.11 Å². The van der Waals surface area contributed by atoms with E-state index in [1.54, 1.807) is 10.9 Å². The number of carbonyl (C=O) groups excluding carboxylic acids is 1. The first kappa shape index (κ1) is 15.5. The molecule has 1 aromatic heterocycles. The van der Waals surface area contributed by atoms with E-state index in [-0.39, 0.29) is 12.5 Å². The topological polar surface area (TPSA) is 87.5 Å². The molecule has 0 bridgehead atoms. The van der Waals surface area contributed by atoms with Gasteiger partial charge in [0.15, 0.2) is 0 Å². The zero-order chi connectivity index (χ0) is 15.4. The van der Waals surface area contributed by atoms with Crippen LogP contribution < -0.4 is 5.32 Å². The van der Waals surface area contributed by atoms with Gasteiger partial charge < -0.3 is 15.3 Å². The zero-order valence-corrected chi connectivity index (χ0v) is 12.5. The Kier molecular flexibility index (Phi) is 4.95. The molecule has 1 saturated heterocycles. The fraction of sp³-hybridized carbons (Fsp3) is 0.643. The van der Waals surface area contributed by atoms with Gasteiger partial charge in [-0.3, -0.25) is 14.3 Å². The summed E-state index contributed by atoms with van der Waals surface area (Å²) in [5.41, 5.74) is 1.52. The summed E-state index contributed by atoms with van der Waals surface area (Å²) in [5.74, 6) is -0.535. The summed E-state index contributed by atoms with van der Waals surface area (Å²) < 4.78 is 1.70. The molecule has 1 unspecified atom stereocenters. The predicted molar refractivity (Wildman–Crippen MR) is 77.1 cm³/mol. The van der Waals surface area contributed by atoms with Crippen LogP contribution in [0.2, 0.25) is 0 Å². The monoisotopic (exact) mass is 294 g/mol. The van der Waals surface area contributed by atoms with Gasteiger partial charge in [-0.1, -0.05) is 0 Å². The van der Waals surface area contributed by atoms with Gasteiger partial charge in [-0.2, -0.15) is 5.10 Å². The molecule has 7 nitrogen and oxygen atoms in total. The van der Waals surface area contributed by atoms with Gasteiger partial charge in [-0.25, -0.2) is 0 Å². The maximum absolute atomic E-state index is 12.5. The number of aliphatic carboxylic acids is 1. The molecular formula is C14H22N4O3. The van der Waals surface area contributed by atoms with E-state index in [1.807, 2.05) is 18.9 Å². The molecule has 0 spiro atoms. The average Bonchev–Trinajstić information content (AvgIpc) is 2.78. The number of nitrogens with zero attached hydrogens (tertiary/aromatic N) is 3. The summed E-state index contributed by atoms with van der Waals surface area (Å²) in [5, 5.41) is 15.7. The molecule has 2 heterocycles. The van der Waals surface area contributed by atoms with Crippen molar-refractivity contribution in [2.75, 3.05) is 26.2 Å². The Balaban J connectivity index is 1.92. The number of aromatic nitrogens is 2. The molecule has 0 radical (unpaired) electrons. The first-order chi connectivity index (χ1) is 9.99. The molecule has 0 saturated carbocycles. The molecule has 1 amide bonds. The van der Waals surface area contributed by atoms with Crippen LogP contribution in [-0.2, 0) is 11.8 Å². The first-order valence-electron chi connectivity index (χ1n) is 7.19. The third kappa shape index (κ3) is 3.81. The van der Waals surface area contributed by atoms with Gasteiger partial charge in [0.2, 0.25) is 0 Å². The van der Waals surface area contributed by atoms with E-state index in [9.17, 15) is 9.59 Å². The lowest BCUT2D eigenvalue weighted by molar-refractivity contribution is -0.136. The second kappa shape index (κ2) is 6.71. The lowest BCUT2D eigenvalue weighted by atomic mass is 9.97. The van der Waals surface area contributed by atoms with Crippen LogP contribution in [-0.4, -0.2) is 57.8 Å². The lowest BCUT2D eigenvalue weighted by Gasteiger charge is -2.32. The van der Waals surface area contributed by atoms with Gasteiger partial charge in [-0.05, 0) is 25.7 Å². The third-order valence-corrected chi connectivity index (χ3v) is 3.98. The quantitative estimate of drug-likeness (QED) is 0.813. The highest BCUT2D eigenvalue weighted by molar-refractivity contribution is 5.95. The Morgan fingerprint density at radius 3 is 2.90 bits per heavy atom. The summed E-state index contributed by atoms with van der Waals surface area (Å²) in [4.78, 5) is 24.9. The molecule has 7 heteroatoms. The molecule has 2 N–H and O–H groups in total. The van der Waals surface area contributed by atoms with Crippen molar-refractivity contribution in [2.45, 2.75) is 19.8 Å². The van der Waals surface area contributed by atoms with Crippen LogP contribution >= 0.6 is 0 Å². The summed E-state index contributed by atoms with van der Waals surface area (Å²) in [7, 11) is 1.82. The van der Waals surface area contributed by atoms with Crippen molar-refractivity contribution in [3.05, 3.63) is 17.5 Å². The van der Waals surface area contributed by atoms with Gasteiger partial charge >= 0.3 is 5.97 Å². The molecule has 1 aromatic rings. The highest BCUT2D eigenvalue weighted by atomic mass is 16.4. The zero-order valence-electron chi connectivity index (χ0n) is 12.5. The third-order valence-electron chi connectivity index (χ3n) is 3.98. The number of amides is 1. The summed E-state index contributed by atoms with van der Waals surface area (Å²) >= 11 is 0. The van der Waals surface area contributed by atoms with Crippen LogP contribution in [0.5, 0.6) is 0 Å². The Morgan fingerprint density at radius 1 is 1.52 bits per heavy atom. The van der Waals surface area contributed by atoms with Gasteiger partial charge in [0.05, 0.1) is 18.3 Å². The summed E-state index contributed by atoms with van der Waals surface area (Å²) in [6.45, 7) is 3.90. The fourth-order valence-corrected chi connectivity index (χ4v) is 2.68. The van der Waals surface area contributed by atoms with Crippen molar-refractivity contribution in [3.8, 4) is 0 Å². The Labute approximate surface area is 123 Å². The molecule has 1 aliphatic rings. The maximum Gasteiger partial charge on any atom is 0.317 e. The van der Waals surface area contributed by atoms with Crippen LogP contribution in [0.3, 0.4) is 0 Å². The molecule has 116 valence electrons. The summed E-state index contributed by atoms with van der Waals surface area (Å²) in [6.07, 6.45) is 3.58.